The van der Waals surface area contributed by atoms with E-state index in [1.54, 1.807) is 19.1 Å². The Morgan fingerprint density at radius 3 is 2.48 bits per heavy atom. The van der Waals surface area contributed by atoms with Crippen molar-refractivity contribution in [2.45, 2.75) is 6.92 Å². The van der Waals surface area contributed by atoms with Crippen LogP contribution in [-0.2, 0) is 0 Å². The van der Waals surface area contributed by atoms with E-state index in [0.717, 1.165) is 12.1 Å². The molecule has 114 valence electrons. The zero-order chi connectivity index (χ0) is 16.4. The lowest BCUT2D eigenvalue weighted by molar-refractivity contribution is 0.343. The van der Waals surface area contributed by atoms with Gasteiger partial charge in [-0.1, -0.05) is 30.3 Å². The van der Waals surface area contributed by atoms with Gasteiger partial charge in [0.1, 0.15) is 17.4 Å². The first-order valence-electron chi connectivity index (χ1n) is 7.06. The third-order valence-electron chi connectivity index (χ3n) is 3.43. The van der Waals surface area contributed by atoms with Crippen molar-refractivity contribution in [2.24, 2.45) is 0 Å². The van der Waals surface area contributed by atoms with Gasteiger partial charge in [-0.2, -0.15) is 5.26 Å². The van der Waals surface area contributed by atoms with E-state index in [0.29, 0.717) is 17.9 Å². The number of benzene rings is 2. The molecule has 0 unspecified atom stereocenters. The van der Waals surface area contributed by atoms with Crippen LogP contribution in [0.3, 0.4) is 0 Å². The fourth-order valence-corrected chi connectivity index (χ4v) is 2.43. The van der Waals surface area contributed by atoms with Crippen LogP contribution < -0.4 is 4.74 Å². The molecule has 0 amide bonds. The zero-order valence-corrected chi connectivity index (χ0v) is 12.3. The average molecular weight is 310 g/mol. The summed E-state index contributed by atoms with van der Waals surface area (Å²) in [5.41, 5.74) is 1.54. The van der Waals surface area contributed by atoms with Crippen LogP contribution >= 0.6 is 0 Å². The van der Waals surface area contributed by atoms with E-state index in [2.05, 4.69) is 11.1 Å². The van der Waals surface area contributed by atoms with Gasteiger partial charge in [-0.3, -0.25) is 0 Å². The molecule has 0 spiro atoms. The van der Waals surface area contributed by atoms with Crippen molar-refractivity contribution in [1.82, 2.24) is 4.98 Å². The van der Waals surface area contributed by atoms with E-state index in [4.69, 9.17) is 4.74 Å². The zero-order valence-electron chi connectivity index (χ0n) is 12.3. The van der Waals surface area contributed by atoms with E-state index in [9.17, 15) is 14.0 Å². The molecule has 0 bridgehead atoms. The highest BCUT2D eigenvalue weighted by molar-refractivity contribution is 5.92. The van der Waals surface area contributed by atoms with E-state index >= 15 is 0 Å². The second kappa shape index (κ2) is 6.01. The second-order valence-corrected chi connectivity index (χ2v) is 4.86. The summed E-state index contributed by atoms with van der Waals surface area (Å²) in [6.45, 7) is 2.05. The average Bonchev–Trinajstić information content (AvgIpc) is 2.57. The van der Waals surface area contributed by atoms with Crippen molar-refractivity contribution in [3.8, 4) is 23.1 Å². The number of pyridine rings is 1. The molecule has 3 nitrogen and oxygen atoms in total. The van der Waals surface area contributed by atoms with Crippen molar-refractivity contribution in [1.29, 1.82) is 5.26 Å². The quantitative estimate of drug-likeness (QED) is 0.718. The molecule has 23 heavy (non-hydrogen) atoms. The Bertz CT molecular complexity index is 918. The van der Waals surface area contributed by atoms with Gasteiger partial charge in [-0.25, -0.2) is 13.8 Å². The first kappa shape index (κ1) is 14.9. The lowest BCUT2D eigenvalue weighted by Gasteiger charge is -2.13. The predicted molar refractivity (Wildman–Crippen MR) is 83.0 cm³/mol. The highest BCUT2D eigenvalue weighted by Gasteiger charge is 2.19. The molecule has 0 saturated carbocycles. The molecule has 0 aliphatic rings. The van der Waals surface area contributed by atoms with Crippen molar-refractivity contribution in [3.05, 3.63) is 59.7 Å². The summed E-state index contributed by atoms with van der Waals surface area (Å²) in [4.78, 5) is 4.35. The van der Waals surface area contributed by atoms with Gasteiger partial charge in [-0.15, -0.1) is 0 Å². The number of nitrogens with zero attached hydrogens (tertiary/aromatic N) is 2. The minimum atomic E-state index is -1.00. The van der Waals surface area contributed by atoms with Crippen LogP contribution in [0, 0.1) is 23.0 Å². The molecule has 1 heterocycles. The number of ether oxygens (including phenoxy) is 1. The molecular weight excluding hydrogens is 298 g/mol. The van der Waals surface area contributed by atoms with Gasteiger partial charge in [-0.05, 0) is 13.0 Å². The Kier molecular flexibility index (Phi) is 3.90. The van der Waals surface area contributed by atoms with Crippen LogP contribution in [-0.4, -0.2) is 11.6 Å². The first-order valence-corrected chi connectivity index (χ1v) is 7.06. The number of rotatable bonds is 3. The molecule has 0 fully saturated rings. The van der Waals surface area contributed by atoms with Crippen LogP contribution in [0.25, 0.3) is 22.2 Å². The molecule has 0 radical (unpaired) electrons. The Morgan fingerprint density at radius 1 is 1.13 bits per heavy atom. The summed E-state index contributed by atoms with van der Waals surface area (Å²) in [5, 5.41) is 9.81. The maximum atomic E-state index is 13.6. The maximum Gasteiger partial charge on any atom is 0.161 e. The Labute approximate surface area is 131 Å². The number of fused-ring (bicyclic) bond motifs is 1. The van der Waals surface area contributed by atoms with Crippen LogP contribution in [0.1, 0.15) is 12.5 Å². The van der Waals surface area contributed by atoms with Gasteiger partial charge in [0.25, 0.3) is 0 Å². The molecule has 2 aromatic carbocycles. The molecule has 0 aliphatic heterocycles. The SMILES string of the molecule is CCOc1c(C#N)c(-c2ccccc2)nc2cc(F)c(F)cc12. The van der Waals surface area contributed by atoms with Gasteiger partial charge in [0.2, 0.25) is 0 Å². The van der Waals surface area contributed by atoms with Gasteiger partial charge in [0.05, 0.1) is 17.8 Å². The molecule has 0 atom stereocenters. The molecule has 5 heteroatoms. The van der Waals surface area contributed by atoms with Crippen LogP contribution in [0.15, 0.2) is 42.5 Å². The number of halogens is 2. The third kappa shape index (κ3) is 2.59. The van der Waals surface area contributed by atoms with E-state index < -0.39 is 11.6 Å². The van der Waals surface area contributed by atoms with Crippen LogP contribution in [0.4, 0.5) is 8.78 Å². The summed E-state index contributed by atoms with van der Waals surface area (Å²) >= 11 is 0. The monoisotopic (exact) mass is 310 g/mol. The molecule has 0 saturated heterocycles. The highest BCUT2D eigenvalue weighted by atomic mass is 19.2. The number of aromatic nitrogens is 1. The Morgan fingerprint density at radius 2 is 1.83 bits per heavy atom. The lowest BCUT2D eigenvalue weighted by Crippen LogP contribution is -2.01. The minimum absolute atomic E-state index is 0.205. The summed E-state index contributed by atoms with van der Waals surface area (Å²) in [7, 11) is 0. The summed E-state index contributed by atoms with van der Waals surface area (Å²) in [6, 6.07) is 13.2. The van der Waals surface area contributed by atoms with Crippen LogP contribution in [0.5, 0.6) is 5.75 Å². The standard InChI is InChI=1S/C18H12F2N2O/c1-2-23-18-12-8-14(19)15(20)9-16(12)22-17(13(18)10-21)11-6-4-3-5-7-11/h3-9H,2H2,1H3. The predicted octanol–water partition coefficient (Wildman–Crippen LogP) is 4.45. The summed E-state index contributed by atoms with van der Waals surface area (Å²) < 4.78 is 32.7. The van der Waals surface area contributed by atoms with Crippen molar-refractivity contribution in [2.75, 3.05) is 6.61 Å². The minimum Gasteiger partial charge on any atom is -0.492 e. The van der Waals surface area contributed by atoms with E-state index in [-0.39, 0.29) is 22.2 Å². The lowest BCUT2D eigenvalue weighted by atomic mass is 10.0. The van der Waals surface area contributed by atoms with E-state index in [1.807, 2.05) is 18.2 Å². The number of hydrogen-bond acceptors (Lipinski definition) is 3. The molecule has 3 aromatic rings. The summed E-state index contributed by atoms with van der Waals surface area (Å²) in [6.07, 6.45) is 0. The largest absolute Gasteiger partial charge is 0.492 e. The molecule has 1 aromatic heterocycles. The van der Waals surface area contributed by atoms with Crippen molar-refractivity contribution >= 4 is 10.9 Å². The Hall–Kier alpha value is -3.00. The number of hydrogen-bond donors (Lipinski definition) is 0. The molecule has 3 rings (SSSR count). The van der Waals surface area contributed by atoms with Crippen molar-refractivity contribution in [3.63, 3.8) is 0 Å². The fourth-order valence-electron chi connectivity index (χ4n) is 2.43. The maximum absolute atomic E-state index is 13.6. The highest BCUT2D eigenvalue weighted by Crippen LogP contribution is 2.36. The normalized spacial score (nSPS) is 10.5. The first-order chi connectivity index (χ1) is 11.2. The molecular formula is C18H12F2N2O. The number of nitriles is 1. The van der Waals surface area contributed by atoms with Crippen molar-refractivity contribution < 1.29 is 13.5 Å². The van der Waals surface area contributed by atoms with Gasteiger partial charge >= 0.3 is 0 Å². The Balaban J connectivity index is 2.41. The van der Waals surface area contributed by atoms with Gasteiger partial charge < -0.3 is 4.74 Å². The molecule has 0 N–H and O–H groups in total. The topological polar surface area (TPSA) is 45.9 Å². The third-order valence-corrected chi connectivity index (χ3v) is 3.43. The van der Waals surface area contributed by atoms with E-state index in [1.165, 1.54) is 0 Å². The van der Waals surface area contributed by atoms with Gasteiger partial charge in [0, 0.05) is 17.0 Å². The second-order valence-electron chi connectivity index (χ2n) is 4.86. The van der Waals surface area contributed by atoms with Gasteiger partial charge in [0.15, 0.2) is 11.6 Å². The smallest absolute Gasteiger partial charge is 0.161 e. The van der Waals surface area contributed by atoms with Crippen LogP contribution in [0.2, 0.25) is 0 Å². The molecule has 0 aliphatic carbocycles. The fraction of sp³-hybridized carbons (Fsp3) is 0.111. The summed E-state index contributed by atoms with van der Waals surface area (Å²) in [5.74, 6) is -1.77.